The molecular formula is C15H9ClN3O5S-. The molecule has 10 heteroatoms. The minimum absolute atomic E-state index is 0.135. The smallest absolute Gasteiger partial charge is 0.282 e. The van der Waals surface area contributed by atoms with Crippen molar-refractivity contribution < 1.29 is 19.6 Å². The van der Waals surface area contributed by atoms with Gasteiger partial charge in [0, 0.05) is 6.07 Å². The van der Waals surface area contributed by atoms with Crippen LogP contribution in [-0.2, 0) is 0 Å². The van der Waals surface area contributed by atoms with Crippen LogP contribution in [0, 0.1) is 10.1 Å². The van der Waals surface area contributed by atoms with Crippen LogP contribution in [0.1, 0.15) is 20.7 Å². The second-order valence-electron chi connectivity index (χ2n) is 4.66. The van der Waals surface area contributed by atoms with Crippen LogP contribution in [0.2, 0.25) is 5.02 Å². The predicted octanol–water partition coefficient (Wildman–Crippen LogP) is 1.74. The van der Waals surface area contributed by atoms with Crippen molar-refractivity contribution in [1.82, 2.24) is 5.32 Å². The van der Waals surface area contributed by atoms with Gasteiger partial charge in [-0.3, -0.25) is 20.2 Å². The zero-order valence-corrected chi connectivity index (χ0v) is 13.9. The molecule has 2 aromatic rings. The van der Waals surface area contributed by atoms with Crippen molar-refractivity contribution >= 4 is 52.2 Å². The molecule has 0 spiro atoms. The lowest BCUT2D eigenvalue weighted by Gasteiger charge is -2.12. The first-order valence-electron chi connectivity index (χ1n) is 6.66. The Balaban J connectivity index is 2.16. The molecule has 0 fully saturated rings. The Morgan fingerprint density at radius 2 is 1.84 bits per heavy atom. The van der Waals surface area contributed by atoms with Crippen molar-refractivity contribution in [2.75, 3.05) is 5.32 Å². The summed E-state index contributed by atoms with van der Waals surface area (Å²) in [6.07, 6.45) is 0. The van der Waals surface area contributed by atoms with Crippen LogP contribution < -0.4 is 15.7 Å². The van der Waals surface area contributed by atoms with Gasteiger partial charge in [-0.1, -0.05) is 29.8 Å². The molecule has 1 amide bonds. The number of halogens is 1. The van der Waals surface area contributed by atoms with E-state index in [1.165, 1.54) is 42.5 Å². The van der Waals surface area contributed by atoms with E-state index < -0.39 is 16.8 Å². The van der Waals surface area contributed by atoms with Gasteiger partial charge < -0.3 is 15.2 Å². The number of benzene rings is 2. The first kappa shape index (κ1) is 18.3. The number of rotatable bonds is 4. The molecule has 25 heavy (non-hydrogen) atoms. The standard InChI is InChI=1S/C15H10ClN3O5S/c16-10-6-5-8(14(21)22)7-11(10)17-15(25)18-13(20)9-3-1-2-4-12(9)19(23)24/h1-7H,(H,21,22)(H2,17,18,20,25)/p-1. The Labute approximate surface area is 151 Å². The van der Waals surface area contributed by atoms with Crippen molar-refractivity contribution in [3.8, 4) is 0 Å². The molecule has 0 unspecified atom stereocenters. The maximum Gasteiger partial charge on any atom is 0.282 e. The highest BCUT2D eigenvalue weighted by Crippen LogP contribution is 2.23. The van der Waals surface area contributed by atoms with E-state index in [0.717, 1.165) is 0 Å². The first-order chi connectivity index (χ1) is 11.8. The van der Waals surface area contributed by atoms with Crippen molar-refractivity contribution in [3.05, 3.63) is 68.7 Å². The minimum atomic E-state index is -1.41. The molecule has 0 bridgehead atoms. The Morgan fingerprint density at radius 1 is 1.16 bits per heavy atom. The van der Waals surface area contributed by atoms with Gasteiger partial charge in [-0.05, 0) is 36.0 Å². The SMILES string of the molecule is O=C([O-])c1ccc(Cl)c(NC(=S)NC(=O)c2ccccc2[N+](=O)[O-])c1. The second kappa shape index (κ2) is 7.69. The number of nitrogens with one attached hydrogen (secondary N) is 2. The Bertz CT molecular complexity index is 887. The molecule has 128 valence electrons. The van der Waals surface area contributed by atoms with Crippen molar-refractivity contribution in [3.63, 3.8) is 0 Å². The Kier molecular flexibility index (Phi) is 5.63. The molecular weight excluding hydrogens is 370 g/mol. The molecule has 2 N–H and O–H groups in total. The van der Waals surface area contributed by atoms with Crippen molar-refractivity contribution in [2.24, 2.45) is 0 Å². The van der Waals surface area contributed by atoms with Crippen LogP contribution >= 0.6 is 23.8 Å². The number of para-hydroxylation sites is 1. The third-order valence-corrected chi connectivity index (χ3v) is 3.56. The fourth-order valence-corrected chi connectivity index (χ4v) is 2.26. The third kappa shape index (κ3) is 4.49. The summed E-state index contributed by atoms with van der Waals surface area (Å²) in [4.78, 5) is 33.3. The largest absolute Gasteiger partial charge is 0.545 e. The van der Waals surface area contributed by atoms with Crippen LogP contribution in [0.3, 0.4) is 0 Å². The Hall–Kier alpha value is -3.04. The van der Waals surface area contributed by atoms with Gasteiger partial charge in [-0.25, -0.2) is 0 Å². The average molecular weight is 379 g/mol. The number of amides is 1. The number of nitro benzene ring substituents is 1. The number of hydrogen-bond acceptors (Lipinski definition) is 6. The molecule has 8 nitrogen and oxygen atoms in total. The number of anilines is 1. The van der Waals surface area contributed by atoms with Gasteiger partial charge in [0.15, 0.2) is 5.11 Å². The number of aromatic carboxylic acids is 1. The number of carboxylic acids is 1. The molecule has 0 atom stereocenters. The molecule has 0 aliphatic heterocycles. The lowest BCUT2D eigenvalue weighted by atomic mass is 10.1. The summed E-state index contributed by atoms with van der Waals surface area (Å²) in [7, 11) is 0. The Morgan fingerprint density at radius 3 is 2.48 bits per heavy atom. The summed E-state index contributed by atoms with van der Waals surface area (Å²) >= 11 is 10.9. The molecule has 0 saturated heterocycles. The number of nitrogens with zero attached hydrogens (tertiary/aromatic N) is 1. The highest BCUT2D eigenvalue weighted by atomic mass is 35.5. The van der Waals surface area contributed by atoms with Crippen molar-refractivity contribution in [1.29, 1.82) is 0 Å². The highest BCUT2D eigenvalue weighted by Gasteiger charge is 2.20. The van der Waals surface area contributed by atoms with Gasteiger partial charge in [0.25, 0.3) is 11.6 Å². The van der Waals surface area contributed by atoms with E-state index in [1.807, 2.05) is 0 Å². The van der Waals surface area contributed by atoms with E-state index in [9.17, 15) is 24.8 Å². The van der Waals surface area contributed by atoms with Gasteiger partial charge in [0.1, 0.15) is 5.56 Å². The quantitative estimate of drug-likeness (QED) is 0.471. The molecule has 0 aromatic heterocycles. The summed E-state index contributed by atoms with van der Waals surface area (Å²) in [6.45, 7) is 0. The lowest BCUT2D eigenvalue weighted by Crippen LogP contribution is -2.34. The molecule has 2 aromatic carbocycles. The molecule has 0 heterocycles. The normalized spacial score (nSPS) is 9.96. The zero-order chi connectivity index (χ0) is 18.6. The van der Waals surface area contributed by atoms with E-state index in [4.69, 9.17) is 23.8 Å². The second-order valence-corrected chi connectivity index (χ2v) is 5.48. The van der Waals surface area contributed by atoms with E-state index in [1.54, 1.807) is 0 Å². The molecule has 0 radical (unpaired) electrons. The van der Waals surface area contributed by atoms with Gasteiger partial charge >= 0.3 is 0 Å². The number of carboxylic acid groups (broad SMARTS) is 1. The first-order valence-corrected chi connectivity index (χ1v) is 7.45. The highest BCUT2D eigenvalue weighted by molar-refractivity contribution is 7.80. The van der Waals surface area contributed by atoms with Crippen LogP contribution in [0.5, 0.6) is 0 Å². The van der Waals surface area contributed by atoms with Gasteiger partial charge in [0.2, 0.25) is 0 Å². The molecule has 0 aliphatic rings. The lowest BCUT2D eigenvalue weighted by molar-refractivity contribution is -0.385. The molecule has 2 rings (SSSR count). The summed E-state index contributed by atoms with van der Waals surface area (Å²) in [5.41, 5.74) is -0.554. The third-order valence-electron chi connectivity index (χ3n) is 3.02. The number of thiocarbonyl (C=S) groups is 1. The number of nitro groups is 1. The maximum atomic E-state index is 12.2. The maximum absolute atomic E-state index is 12.2. The molecule has 0 aliphatic carbocycles. The van der Waals surface area contributed by atoms with Crippen LogP contribution in [-0.4, -0.2) is 21.9 Å². The van der Waals surface area contributed by atoms with E-state index in [0.29, 0.717) is 0 Å². The zero-order valence-electron chi connectivity index (χ0n) is 12.3. The van der Waals surface area contributed by atoms with Crippen LogP contribution in [0.15, 0.2) is 42.5 Å². The monoisotopic (exact) mass is 378 g/mol. The fourth-order valence-electron chi connectivity index (χ4n) is 1.90. The summed E-state index contributed by atoms with van der Waals surface area (Å²) in [5, 5.41) is 26.6. The topological polar surface area (TPSA) is 124 Å². The summed E-state index contributed by atoms with van der Waals surface area (Å²) in [5.74, 6) is -2.20. The van der Waals surface area contributed by atoms with Gasteiger partial charge in [-0.15, -0.1) is 0 Å². The van der Waals surface area contributed by atoms with Gasteiger partial charge in [-0.2, -0.15) is 0 Å². The van der Waals surface area contributed by atoms with Crippen LogP contribution in [0.4, 0.5) is 11.4 Å². The fraction of sp³-hybridized carbons (Fsp3) is 0. The van der Waals surface area contributed by atoms with Crippen LogP contribution in [0.25, 0.3) is 0 Å². The summed E-state index contributed by atoms with van der Waals surface area (Å²) < 4.78 is 0. The van der Waals surface area contributed by atoms with Crippen molar-refractivity contribution in [2.45, 2.75) is 0 Å². The van der Waals surface area contributed by atoms with E-state index in [-0.39, 0.29) is 32.6 Å². The number of hydrogen-bond donors (Lipinski definition) is 2. The number of carbonyl (C=O) groups excluding carboxylic acids is 2. The van der Waals surface area contributed by atoms with E-state index in [2.05, 4.69) is 10.6 Å². The van der Waals surface area contributed by atoms with Gasteiger partial charge in [0.05, 0.1) is 21.6 Å². The predicted molar refractivity (Wildman–Crippen MR) is 92.6 cm³/mol. The van der Waals surface area contributed by atoms with E-state index >= 15 is 0 Å². The molecule has 0 saturated carbocycles. The average Bonchev–Trinajstić information content (AvgIpc) is 2.56. The summed E-state index contributed by atoms with van der Waals surface area (Å²) in [6, 6.07) is 9.11. The minimum Gasteiger partial charge on any atom is -0.545 e. The number of carbonyl (C=O) groups is 2.